The number of rotatable bonds is 5. The van der Waals surface area contributed by atoms with Crippen LogP contribution in [0.25, 0.3) is 10.1 Å². The topological polar surface area (TPSA) is 57.7 Å². The van der Waals surface area contributed by atoms with Crippen molar-refractivity contribution < 1.29 is 13.2 Å². The van der Waals surface area contributed by atoms with Gasteiger partial charge in [-0.05, 0) is 36.2 Å². The van der Waals surface area contributed by atoms with Crippen LogP contribution in [-0.2, 0) is 16.4 Å². The Hall–Kier alpha value is -1.51. The number of anilines is 1. The van der Waals surface area contributed by atoms with Crippen LogP contribution in [-0.4, -0.2) is 50.9 Å². The monoisotopic (exact) mass is 530 g/mol. The summed E-state index contributed by atoms with van der Waals surface area (Å²) in [5.74, 6) is -0.283. The number of fused-ring (bicyclic) bond motifs is 1. The van der Waals surface area contributed by atoms with Crippen LogP contribution in [0.15, 0.2) is 36.4 Å². The standard InChI is InChI=1S/C22H21Cl3N2O3S2/c1-26(2)15-5-3-13(4-6-15)11-27(16-7-8-32(29,30)12-16)22(28)21-20(25)19-17(24)9-14(23)10-18(19)31-21/h3-6,9-10,16H,7-8,11-12H2,1-2H3/t16-/m1/s1. The second-order valence-corrected chi connectivity index (χ2v) is 12.6. The van der Waals surface area contributed by atoms with Crippen LogP contribution in [0.1, 0.15) is 21.7 Å². The number of thiophene rings is 1. The Balaban J connectivity index is 1.73. The lowest BCUT2D eigenvalue weighted by Crippen LogP contribution is -2.40. The van der Waals surface area contributed by atoms with Crippen LogP contribution < -0.4 is 4.90 Å². The van der Waals surface area contributed by atoms with E-state index in [2.05, 4.69) is 0 Å². The van der Waals surface area contributed by atoms with Gasteiger partial charge in [0.1, 0.15) is 4.88 Å². The molecular weight excluding hydrogens is 511 g/mol. The van der Waals surface area contributed by atoms with E-state index in [4.69, 9.17) is 34.8 Å². The molecule has 0 spiro atoms. The molecule has 0 aliphatic carbocycles. The summed E-state index contributed by atoms with van der Waals surface area (Å²) in [7, 11) is 0.725. The number of carbonyl (C=O) groups is 1. The van der Waals surface area contributed by atoms with E-state index in [1.54, 1.807) is 17.0 Å². The minimum atomic E-state index is -3.18. The van der Waals surface area contributed by atoms with Gasteiger partial charge in [0.15, 0.2) is 9.84 Å². The van der Waals surface area contributed by atoms with Gasteiger partial charge in [-0.1, -0.05) is 46.9 Å². The van der Waals surface area contributed by atoms with Crippen LogP contribution in [0.2, 0.25) is 15.1 Å². The number of sulfone groups is 1. The molecule has 1 amide bonds. The van der Waals surface area contributed by atoms with Gasteiger partial charge in [0.25, 0.3) is 5.91 Å². The highest BCUT2D eigenvalue weighted by molar-refractivity contribution is 7.91. The largest absolute Gasteiger partial charge is 0.378 e. The number of benzene rings is 2. The zero-order valence-electron chi connectivity index (χ0n) is 17.4. The number of amides is 1. The normalized spacial score (nSPS) is 17.6. The summed E-state index contributed by atoms with van der Waals surface area (Å²) in [6.45, 7) is 0.284. The highest BCUT2D eigenvalue weighted by atomic mass is 35.5. The third-order valence-electron chi connectivity index (χ3n) is 5.56. The first-order valence-electron chi connectivity index (χ1n) is 9.90. The average Bonchev–Trinajstić information content (AvgIpc) is 3.25. The summed E-state index contributed by atoms with van der Waals surface area (Å²) in [6.07, 6.45) is 0.402. The van der Waals surface area contributed by atoms with Gasteiger partial charge < -0.3 is 9.80 Å². The molecule has 170 valence electrons. The highest BCUT2D eigenvalue weighted by Crippen LogP contribution is 2.42. The highest BCUT2D eigenvalue weighted by Gasteiger charge is 2.36. The summed E-state index contributed by atoms with van der Waals surface area (Å²) in [5, 5.41) is 1.69. The fraction of sp³-hybridized carbons (Fsp3) is 0.318. The van der Waals surface area contributed by atoms with Crippen molar-refractivity contribution in [3.63, 3.8) is 0 Å². The Kier molecular flexibility index (Phi) is 6.67. The van der Waals surface area contributed by atoms with Gasteiger partial charge in [0, 0.05) is 47.5 Å². The minimum Gasteiger partial charge on any atom is -0.378 e. The smallest absolute Gasteiger partial charge is 0.266 e. The predicted molar refractivity (Wildman–Crippen MR) is 135 cm³/mol. The van der Waals surface area contributed by atoms with Gasteiger partial charge in [0.2, 0.25) is 0 Å². The van der Waals surface area contributed by atoms with Crippen LogP contribution in [0, 0.1) is 0 Å². The second kappa shape index (κ2) is 9.03. The average molecular weight is 532 g/mol. The van der Waals surface area contributed by atoms with Gasteiger partial charge in [-0.2, -0.15) is 0 Å². The quantitative estimate of drug-likeness (QED) is 0.420. The second-order valence-electron chi connectivity index (χ2n) is 8.06. The molecule has 1 aromatic heterocycles. The first-order valence-corrected chi connectivity index (χ1v) is 13.7. The molecule has 2 aromatic carbocycles. The van der Waals surface area contributed by atoms with E-state index >= 15 is 0 Å². The number of carbonyl (C=O) groups excluding carboxylic acids is 1. The molecule has 0 radical (unpaired) electrons. The van der Waals surface area contributed by atoms with E-state index in [1.165, 1.54) is 11.3 Å². The van der Waals surface area contributed by atoms with Crippen molar-refractivity contribution in [2.24, 2.45) is 0 Å². The van der Waals surface area contributed by atoms with E-state index in [0.717, 1.165) is 11.3 Å². The van der Waals surface area contributed by atoms with Crippen molar-refractivity contribution in [1.29, 1.82) is 0 Å². The lowest BCUT2D eigenvalue weighted by atomic mass is 10.1. The summed E-state index contributed by atoms with van der Waals surface area (Å²) in [5.41, 5.74) is 1.95. The maximum absolute atomic E-state index is 13.7. The van der Waals surface area contributed by atoms with Gasteiger partial charge in [0.05, 0.1) is 21.6 Å². The molecular formula is C22H21Cl3N2O3S2. The van der Waals surface area contributed by atoms with Crippen LogP contribution in [0.4, 0.5) is 5.69 Å². The maximum Gasteiger partial charge on any atom is 0.266 e. The molecule has 1 aliphatic heterocycles. The lowest BCUT2D eigenvalue weighted by Gasteiger charge is -2.28. The Morgan fingerprint density at radius 1 is 1.12 bits per heavy atom. The van der Waals surface area contributed by atoms with Crippen LogP contribution in [0.3, 0.4) is 0 Å². The molecule has 0 saturated carbocycles. The molecule has 1 saturated heterocycles. The molecule has 1 aliphatic rings. The third-order valence-corrected chi connectivity index (χ3v) is 9.44. The molecule has 10 heteroatoms. The van der Waals surface area contributed by atoms with E-state index in [1.807, 2.05) is 43.3 Å². The lowest BCUT2D eigenvalue weighted by molar-refractivity contribution is 0.0686. The van der Waals surface area contributed by atoms with E-state index in [9.17, 15) is 13.2 Å². The summed E-state index contributed by atoms with van der Waals surface area (Å²) in [6, 6.07) is 10.7. The van der Waals surface area contributed by atoms with Gasteiger partial charge in [-0.15, -0.1) is 11.3 Å². The first-order chi connectivity index (χ1) is 15.1. The molecule has 0 bridgehead atoms. The SMILES string of the molecule is CN(C)c1ccc(CN(C(=O)c2sc3cc(Cl)cc(Cl)c3c2Cl)[C@@H]2CCS(=O)(=O)C2)cc1. The van der Waals surface area contributed by atoms with Gasteiger partial charge >= 0.3 is 0 Å². The molecule has 0 unspecified atom stereocenters. The van der Waals surface area contributed by atoms with Crippen molar-refractivity contribution in [3.8, 4) is 0 Å². The van der Waals surface area contributed by atoms with Crippen LogP contribution in [0.5, 0.6) is 0 Å². The molecule has 5 nitrogen and oxygen atoms in total. The molecule has 4 rings (SSSR count). The Morgan fingerprint density at radius 3 is 2.41 bits per heavy atom. The molecule has 1 atom stereocenters. The third kappa shape index (κ3) is 4.73. The predicted octanol–water partition coefficient (Wildman–Crippen LogP) is 5.76. The zero-order chi connectivity index (χ0) is 23.2. The number of hydrogen-bond donors (Lipinski definition) is 0. The van der Waals surface area contributed by atoms with Crippen molar-refractivity contribution >= 4 is 77.7 Å². The van der Waals surface area contributed by atoms with Crippen molar-refractivity contribution in [2.75, 3.05) is 30.5 Å². The minimum absolute atomic E-state index is 0.0520. The Morgan fingerprint density at radius 2 is 1.81 bits per heavy atom. The summed E-state index contributed by atoms with van der Waals surface area (Å²) >= 11 is 20.3. The van der Waals surface area contributed by atoms with Crippen molar-refractivity contribution in [3.05, 3.63) is 61.9 Å². The molecule has 1 fully saturated rings. The number of hydrogen-bond acceptors (Lipinski definition) is 5. The van der Waals surface area contributed by atoms with E-state index in [0.29, 0.717) is 31.4 Å². The molecule has 0 N–H and O–H groups in total. The molecule has 32 heavy (non-hydrogen) atoms. The molecule has 2 heterocycles. The van der Waals surface area contributed by atoms with Crippen LogP contribution >= 0.6 is 46.1 Å². The Labute approximate surface area is 206 Å². The van der Waals surface area contributed by atoms with Gasteiger partial charge in [-0.3, -0.25) is 4.79 Å². The van der Waals surface area contributed by atoms with Crippen molar-refractivity contribution in [2.45, 2.75) is 19.0 Å². The summed E-state index contributed by atoms with van der Waals surface area (Å²) in [4.78, 5) is 17.6. The molecule has 3 aromatic rings. The number of nitrogens with zero attached hydrogens (tertiary/aromatic N) is 2. The Bertz CT molecular complexity index is 1290. The van der Waals surface area contributed by atoms with E-state index in [-0.39, 0.29) is 29.0 Å². The summed E-state index contributed by atoms with van der Waals surface area (Å²) < 4.78 is 25.0. The fourth-order valence-corrected chi connectivity index (χ4v) is 7.92. The maximum atomic E-state index is 13.7. The first kappa shape index (κ1) is 23.6. The van der Waals surface area contributed by atoms with Crippen molar-refractivity contribution in [1.82, 2.24) is 4.90 Å². The van der Waals surface area contributed by atoms with E-state index < -0.39 is 15.9 Å². The number of halogens is 3. The zero-order valence-corrected chi connectivity index (χ0v) is 21.3. The van der Waals surface area contributed by atoms with Gasteiger partial charge in [-0.25, -0.2) is 8.42 Å². The fourth-order valence-electron chi connectivity index (χ4n) is 3.86.